The van der Waals surface area contributed by atoms with Crippen molar-refractivity contribution in [3.05, 3.63) is 6.33 Å². The first kappa shape index (κ1) is 5.03. The largest absolute Gasteiger partial charge is 0.410 e. The first-order valence-electron chi connectivity index (χ1n) is 2.53. The third kappa shape index (κ3) is 0.413. The number of hydrogen-bond acceptors (Lipinski definition) is 5. The lowest BCUT2D eigenvalue weighted by molar-refractivity contribution is 0.161. The van der Waals surface area contributed by atoms with Crippen LogP contribution in [-0.2, 0) is 0 Å². The summed E-state index contributed by atoms with van der Waals surface area (Å²) >= 11 is 0. The molecule has 2 heterocycles. The molecular formula is C3H4N6O. The minimum Gasteiger partial charge on any atom is -0.410 e. The molecule has 0 saturated heterocycles. The number of aromatic nitrogens is 5. The van der Waals surface area contributed by atoms with Crippen molar-refractivity contribution in [1.82, 2.24) is 24.8 Å². The maximum atomic E-state index is 8.91. The average molecular weight is 140 g/mol. The van der Waals surface area contributed by atoms with E-state index in [-0.39, 0.29) is 11.5 Å². The molecule has 0 unspecified atom stereocenters. The Morgan fingerprint density at radius 1 is 1.60 bits per heavy atom. The molecular weight excluding hydrogens is 136 g/mol. The van der Waals surface area contributed by atoms with Crippen molar-refractivity contribution in [3.63, 3.8) is 0 Å². The van der Waals surface area contributed by atoms with Gasteiger partial charge in [0.2, 0.25) is 5.65 Å². The maximum Gasteiger partial charge on any atom is 0.238 e. The van der Waals surface area contributed by atoms with E-state index in [0.29, 0.717) is 4.85 Å². The van der Waals surface area contributed by atoms with Crippen LogP contribution in [0.5, 0.6) is 0 Å². The Balaban J connectivity index is 2.98. The normalized spacial score (nSPS) is 10.8. The highest BCUT2D eigenvalue weighted by atomic mass is 16.5. The van der Waals surface area contributed by atoms with Crippen LogP contribution >= 0.6 is 0 Å². The summed E-state index contributed by atoms with van der Waals surface area (Å²) in [5.74, 6) is 0.153. The highest BCUT2D eigenvalue weighted by molar-refractivity contribution is 5.57. The fourth-order valence-electron chi connectivity index (χ4n) is 0.725. The van der Waals surface area contributed by atoms with Crippen LogP contribution in [0.15, 0.2) is 6.33 Å². The highest BCUT2D eigenvalue weighted by Gasteiger charge is 2.06. The fraction of sp³-hybridized carbons (Fsp3) is 0. The SMILES string of the molecule is Nc1nnn2cnn(O)c12. The van der Waals surface area contributed by atoms with Gasteiger partial charge >= 0.3 is 0 Å². The molecule has 3 N–H and O–H groups in total. The van der Waals surface area contributed by atoms with Crippen LogP contribution in [0.25, 0.3) is 5.65 Å². The van der Waals surface area contributed by atoms with E-state index < -0.39 is 0 Å². The van der Waals surface area contributed by atoms with Gasteiger partial charge in [-0.25, -0.2) is 0 Å². The molecule has 0 amide bonds. The Morgan fingerprint density at radius 3 is 3.10 bits per heavy atom. The second kappa shape index (κ2) is 1.38. The molecule has 0 atom stereocenters. The third-order valence-electron chi connectivity index (χ3n) is 1.15. The van der Waals surface area contributed by atoms with E-state index in [2.05, 4.69) is 15.4 Å². The second-order valence-electron chi connectivity index (χ2n) is 1.76. The molecule has 0 aromatic carbocycles. The molecule has 0 aliphatic carbocycles. The number of hydrogen-bond donors (Lipinski definition) is 2. The molecule has 2 aromatic rings. The summed E-state index contributed by atoms with van der Waals surface area (Å²) in [6.45, 7) is 0. The van der Waals surface area contributed by atoms with Gasteiger partial charge in [0.25, 0.3) is 0 Å². The van der Waals surface area contributed by atoms with Gasteiger partial charge in [-0.05, 0) is 0 Å². The van der Waals surface area contributed by atoms with Crippen LogP contribution in [0.3, 0.4) is 0 Å². The Morgan fingerprint density at radius 2 is 2.40 bits per heavy atom. The van der Waals surface area contributed by atoms with Gasteiger partial charge in [-0.2, -0.15) is 4.52 Å². The molecule has 0 spiro atoms. The van der Waals surface area contributed by atoms with Crippen LogP contribution < -0.4 is 5.73 Å². The molecule has 0 radical (unpaired) electrons. The fourth-order valence-corrected chi connectivity index (χ4v) is 0.725. The lowest BCUT2D eigenvalue weighted by Crippen LogP contribution is -1.95. The summed E-state index contributed by atoms with van der Waals surface area (Å²) in [5, 5.41) is 19.4. The molecule has 0 bridgehead atoms. The van der Waals surface area contributed by atoms with E-state index in [1.807, 2.05) is 0 Å². The van der Waals surface area contributed by atoms with Crippen molar-refractivity contribution in [3.8, 4) is 0 Å². The molecule has 10 heavy (non-hydrogen) atoms. The third-order valence-corrected chi connectivity index (χ3v) is 1.15. The minimum absolute atomic E-state index is 0.153. The zero-order valence-corrected chi connectivity index (χ0v) is 4.84. The number of rotatable bonds is 0. The summed E-state index contributed by atoms with van der Waals surface area (Å²) in [5.41, 5.74) is 5.58. The minimum atomic E-state index is 0.153. The van der Waals surface area contributed by atoms with Crippen molar-refractivity contribution in [2.75, 3.05) is 5.73 Å². The number of nitrogens with two attached hydrogens (primary N) is 1. The maximum absolute atomic E-state index is 8.91. The number of fused-ring (bicyclic) bond motifs is 1. The number of nitrogens with zero attached hydrogens (tertiary/aromatic N) is 5. The molecule has 7 nitrogen and oxygen atoms in total. The van der Waals surface area contributed by atoms with E-state index in [1.54, 1.807) is 0 Å². The van der Waals surface area contributed by atoms with Crippen LogP contribution in [-0.4, -0.2) is 30.0 Å². The topological polar surface area (TPSA) is 94.3 Å². The lowest BCUT2D eigenvalue weighted by atomic mass is 10.7. The van der Waals surface area contributed by atoms with E-state index in [9.17, 15) is 0 Å². The molecule has 0 saturated carbocycles. The Kier molecular flexibility index (Phi) is 0.693. The van der Waals surface area contributed by atoms with Crippen molar-refractivity contribution in [1.29, 1.82) is 0 Å². The molecule has 0 aliphatic rings. The van der Waals surface area contributed by atoms with E-state index in [4.69, 9.17) is 10.9 Å². The number of anilines is 1. The smallest absolute Gasteiger partial charge is 0.238 e. The molecule has 0 aliphatic heterocycles. The van der Waals surface area contributed by atoms with E-state index in [1.165, 1.54) is 10.8 Å². The highest BCUT2D eigenvalue weighted by Crippen LogP contribution is 2.04. The van der Waals surface area contributed by atoms with E-state index in [0.717, 1.165) is 0 Å². The summed E-state index contributed by atoms with van der Waals surface area (Å²) in [7, 11) is 0. The zero-order chi connectivity index (χ0) is 7.14. The van der Waals surface area contributed by atoms with Crippen molar-refractivity contribution in [2.45, 2.75) is 0 Å². The summed E-state index contributed by atoms with van der Waals surface area (Å²) in [6, 6.07) is 0. The number of nitrogen functional groups attached to an aromatic ring is 1. The van der Waals surface area contributed by atoms with E-state index >= 15 is 0 Å². The monoisotopic (exact) mass is 140 g/mol. The Labute approximate surface area is 54.6 Å². The predicted octanol–water partition coefficient (Wildman–Crippen LogP) is -1.25. The standard InChI is InChI=1S/C3H4N6O/c4-2-3-8(7-6-2)1-5-9(3)10/h1,10H,4H2. The quantitative estimate of drug-likeness (QED) is 0.445. The van der Waals surface area contributed by atoms with Crippen LogP contribution in [0.1, 0.15) is 0 Å². The van der Waals surface area contributed by atoms with Gasteiger partial charge in [0, 0.05) is 0 Å². The van der Waals surface area contributed by atoms with Crippen molar-refractivity contribution in [2.24, 2.45) is 0 Å². The van der Waals surface area contributed by atoms with Crippen molar-refractivity contribution < 1.29 is 5.21 Å². The average Bonchev–Trinajstić information content (AvgIpc) is 2.40. The van der Waals surface area contributed by atoms with Gasteiger partial charge in [0.1, 0.15) is 6.33 Å². The van der Waals surface area contributed by atoms with Crippen LogP contribution in [0, 0.1) is 0 Å². The molecule has 2 rings (SSSR count). The van der Waals surface area contributed by atoms with Gasteiger partial charge in [-0.3, -0.25) is 0 Å². The van der Waals surface area contributed by atoms with Gasteiger partial charge in [0.15, 0.2) is 5.82 Å². The van der Waals surface area contributed by atoms with Crippen LogP contribution in [0.2, 0.25) is 0 Å². The Bertz CT molecular complexity index is 328. The van der Waals surface area contributed by atoms with Gasteiger partial charge in [-0.1, -0.05) is 10.1 Å². The summed E-state index contributed by atoms with van der Waals surface area (Å²) in [6.07, 6.45) is 1.30. The van der Waals surface area contributed by atoms with Gasteiger partial charge < -0.3 is 10.9 Å². The first-order chi connectivity index (χ1) is 4.79. The van der Waals surface area contributed by atoms with Crippen LogP contribution in [0.4, 0.5) is 5.82 Å². The lowest BCUT2D eigenvalue weighted by Gasteiger charge is -1.84. The summed E-state index contributed by atoms with van der Waals surface area (Å²) in [4.78, 5) is 0.620. The second-order valence-corrected chi connectivity index (χ2v) is 1.76. The summed E-state index contributed by atoms with van der Waals surface area (Å²) < 4.78 is 1.27. The first-order valence-corrected chi connectivity index (χ1v) is 2.53. The van der Waals surface area contributed by atoms with Gasteiger partial charge in [0.05, 0.1) is 0 Å². The zero-order valence-electron chi connectivity index (χ0n) is 4.84. The molecule has 52 valence electrons. The van der Waals surface area contributed by atoms with Crippen molar-refractivity contribution >= 4 is 11.5 Å². The molecule has 0 fully saturated rings. The predicted molar refractivity (Wildman–Crippen MR) is 30.4 cm³/mol. The Hall–Kier alpha value is -1.79. The molecule has 7 heteroatoms. The molecule has 2 aromatic heterocycles. The van der Waals surface area contributed by atoms with Gasteiger partial charge in [-0.15, -0.1) is 10.2 Å².